The highest BCUT2D eigenvalue weighted by Gasteiger charge is 2.05. The maximum atomic E-state index is 9.06. The molecule has 0 saturated heterocycles. The third-order valence-electron chi connectivity index (χ3n) is 1.75. The fourth-order valence-electron chi connectivity index (χ4n) is 1.11. The Morgan fingerprint density at radius 2 is 2.25 bits per heavy atom. The minimum Gasteiger partial charge on any atom is -0.496 e. The fraction of sp³-hybridized carbons (Fsp3) is 0.333. The third-order valence-corrected chi connectivity index (χ3v) is 2.36. The zero-order valence-corrected chi connectivity index (χ0v) is 8.47. The summed E-state index contributed by atoms with van der Waals surface area (Å²) < 4.78 is 5.10. The van der Waals surface area contributed by atoms with Crippen LogP contribution in [-0.4, -0.2) is 12.2 Å². The van der Waals surface area contributed by atoms with E-state index in [1.165, 1.54) is 0 Å². The zero-order valence-electron chi connectivity index (χ0n) is 6.88. The Hall–Kier alpha value is -0.540. The minimum atomic E-state index is 0.0188. The lowest BCUT2D eigenvalue weighted by atomic mass is 10.1. The van der Waals surface area contributed by atoms with Gasteiger partial charge in [-0.25, -0.2) is 0 Å². The van der Waals surface area contributed by atoms with E-state index in [-0.39, 0.29) is 6.61 Å². The van der Waals surface area contributed by atoms with Crippen molar-refractivity contribution >= 4 is 15.9 Å². The molecule has 0 bridgehead atoms. The van der Waals surface area contributed by atoms with Crippen LogP contribution in [0.3, 0.4) is 0 Å². The molecule has 0 aliphatic carbocycles. The van der Waals surface area contributed by atoms with Crippen LogP contribution < -0.4 is 4.74 Å². The van der Waals surface area contributed by atoms with Gasteiger partial charge in [0.2, 0.25) is 0 Å². The molecule has 1 aromatic rings. The number of halogens is 1. The summed E-state index contributed by atoms with van der Waals surface area (Å²) in [5, 5.41) is 9.80. The van der Waals surface area contributed by atoms with Crippen molar-refractivity contribution in [2.75, 3.05) is 7.11 Å². The number of alkyl halides is 1. The van der Waals surface area contributed by atoms with Gasteiger partial charge in [-0.3, -0.25) is 0 Å². The Labute approximate surface area is 80.3 Å². The quantitative estimate of drug-likeness (QED) is 0.807. The van der Waals surface area contributed by atoms with Crippen molar-refractivity contribution in [2.45, 2.75) is 11.9 Å². The molecular formula is C9H11BrO2. The van der Waals surface area contributed by atoms with Crippen LogP contribution in [-0.2, 0) is 11.9 Å². The molecule has 0 spiro atoms. The highest BCUT2D eigenvalue weighted by Crippen LogP contribution is 2.23. The molecule has 0 saturated carbocycles. The number of hydrogen-bond donors (Lipinski definition) is 1. The molecule has 0 aliphatic heterocycles. The maximum absolute atomic E-state index is 9.06. The van der Waals surface area contributed by atoms with Crippen LogP contribution in [0.2, 0.25) is 0 Å². The van der Waals surface area contributed by atoms with Crippen LogP contribution in [0.1, 0.15) is 11.1 Å². The van der Waals surface area contributed by atoms with Crippen molar-refractivity contribution in [1.29, 1.82) is 0 Å². The molecule has 1 N–H and O–H groups in total. The number of methoxy groups -OCH3 is 1. The van der Waals surface area contributed by atoms with Gasteiger partial charge in [-0.15, -0.1) is 0 Å². The summed E-state index contributed by atoms with van der Waals surface area (Å²) in [4.78, 5) is 0. The first-order chi connectivity index (χ1) is 5.83. The first-order valence-corrected chi connectivity index (χ1v) is 4.77. The van der Waals surface area contributed by atoms with E-state index in [0.717, 1.165) is 22.2 Å². The molecule has 0 unspecified atom stereocenters. The van der Waals surface area contributed by atoms with E-state index in [1.807, 2.05) is 18.2 Å². The van der Waals surface area contributed by atoms with E-state index in [2.05, 4.69) is 15.9 Å². The van der Waals surface area contributed by atoms with Crippen LogP contribution >= 0.6 is 15.9 Å². The van der Waals surface area contributed by atoms with E-state index in [0.29, 0.717) is 0 Å². The highest BCUT2D eigenvalue weighted by molar-refractivity contribution is 9.08. The number of hydrogen-bond acceptors (Lipinski definition) is 2. The van der Waals surface area contributed by atoms with Gasteiger partial charge < -0.3 is 9.84 Å². The van der Waals surface area contributed by atoms with Crippen LogP contribution in [0.15, 0.2) is 18.2 Å². The van der Waals surface area contributed by atoms with E-state index in [4.69, 9.17) is 9.84 Å². The lowest BCUT2D eigenvalue weighted by molar-refractivity contribution is 0.273. The molecule has 3 heteroatoms. The third kappa shape index (κ3) is 1.79. The number of aliphatic hydroxyl groups excluding tert-OH is 1. The molecule has 1 aromatic carbocycles. The smallest absolute Gasteiger partial charge is 0.124 e. The summed E-state index contributed by atoms with van der Waals surface area (Å²) in [5.41, 5.74) is 1.92. The molecule has 12 heavy (non-hydrogen) atoms. The molecule has 0 fully saturated rings. The van der Waals surface area contributed by atoms with Gasteiger partial charge in [-0.1, -0.05) is 28.1 Å². The van der Waals surface area contributed by atoms with Crippen molar-refractivity contribution in [2.24, 2.45) is 0 Å². The number of benzene rings is 1. The number of aliphatic hydroxyl groups is 1. The second-order valence-corrected chi connectivity index (χ2v) is 2.95. The first kappa shape index (κ1) is 9.55. The minimum absolute atomic E-state index is 0.0188. The van der Waals surface area contributed by atoms with Crippen molar-refractivity contribution in [1.82, 2.24) is 0 Å². The lowest BCUT2D eigenvalue weighted by Crippen LogP contribution is -1.95. The summed E-state index contributed by atoms with van der Waals surface area (Å²) in [6.45, 7) is 0.0188. The Morgan fingerprint density at radius 1 is 1.50 bits per heavy atom. The van der Waals surface area contributed by atoms with Crippen LogP contribution in [0, 0.1) is 0 Å². The van der Waals surface area contributed by atoms with Gasteiger partial charge in [-0.2, -0.15) is 0 Å². The standard InChI is InChI=1S/C9H11BrO2/c1-12-9-4-2-3-7(5-10)8(9)6-11/h2-4,11H,5-6H2,1H3. The van der Waals surface area contributed by atoms with Crippen LogP contribution in [0.25, 0.3) is 0 Å². The predicted octanol–water partition coefficient (Wildman–Crippen LogP) is 2.08. The summed E-state index contributed by atoms with van der Waals surface area (Å²) in [7, 11) is 1.60. The average Bonchev–Trinajstić information content (AvgIpc) is 2.16. The Bertz CT molecular complexity index is 238. The van der Waals surface area contributed by atoms with Crippen molar-refractivity contribution in [3.8, 4) is 5.75 Å². The molecular weight excluding hydrogens is 220 g/mol. The van der Waals surface area contributed by atoms with Crippen molar-refractivity contribution in [3.63, 3.8) is 0 Å². The van der Waals surface area contributed by atoms with Gasteiger partial charge in [0, 0.05) is 10.9 Å². The molecule has 0 aromatic heterocycles. The molecule has 0 heterocycles. The fourth-order valence-corrected chi connectivity index (χ4v) is 1.63. The predicted molar refractivity (Wildman–Crippen MR) is 51.5 cm³/mol. The number of ether oxygens (including phenoxy) is 1. The SMILES string of the molecule is COc1cccc(CBr)c1CO. The molecule has 0 aliphatic rings. The molecule has 0 radical (unpaired) electrons. The Balaban J connectivity index is 3.13. The van der Waals surface area contributed by atoms with Gasteiger partial charge in [0.15, 0.2) is 0 Å². The summed E-state index contributed by atoms with van der Waals surface area (Å²) in [5.74, 6) is 0.745. The normalized spacial score (nSPS) is 9.92. The molecule has 66 valence electrons. The molecule has 1 rings (SSSR count). The van der Waals surface area contributed by atoms with Crippen LogP contribution in [0.4, 0.5) is 0 Å². The van der Waals surface area contributed by atoms with Gasteiger partial charge in [0.25, 0.3) is 0 Å². The van der Waals surface area contributed by atoms with Crippen LogP contribution in [0.5, 0.6) is 5.75 Å². The zero-order chi connectivity index (χ0) is 8.97. The average molecular weight is 231 g/mol. The van der Waals surface area contributed by atoms with E-state index in [9.17, 15) is 0 Å². The second kappa shape index (κ2) is 4.48. The van der Waals surface area contributed by atoms with Gasteiger partial charge in [0.1, 0.15) is 5.75 Å². The van der Waals surface area contributed by atoms with Crippen molar-refractivity contribution < 1.29 is 9.84 Å². The largest absolute Gasteiger partial charge is 0.496 e. The molecule has 2 nitrogen and oxygen atoms in total. The molecule has 0 atom stereocenters. The maximum Gasteiger partial charge on any atom is 0.124 e. The van der Waals surface area contributed by atoms with Gasteiger partial charge in [-0.05, 0) is 11.6 Å². The first-order valence-electron chi connectivity index (χ1n) is 3.65. The summed E-state index contributed by atoms with van der Waals surface area (Å²) >= 11 is 3.35. The summed E-state index contributed by atoms with van der Waals surface area (Å²) in [6, 6.07) is 5.72. The monoisotopic (exact) mass is 230 g/mol. The van der Waals surface area contributed by atoms with E-state index in [1.54, 1.807) is 7.11 Å². The second-order valence-electron chi connectivity index (χ2n) is 2.39. The topological polar surface area (TPSA) is 29.5 Å². The van der Waals surface area contributed by atoms with E-state index < -0.39 is 0 Å². The Kier molecular flexibility index (Phi) is 3.56. The van der Waals surface area contributed by atoms with E-state index >= 15 is 0 Å². The Morgan fingerprint density at radius 3 is 2.75 bits per heavy atom. The van der Waals surface area contributed by atoms with Gasteiger partial charge >= 0.3 is 0 Å². The summed E-state index contributed by atoms with van der Waals surface area (Å²) in [6.07, 6.45) is 0. The molecule has 0 amide bonds. The van der Waals surface area contributed by atoms with Gasteiger partial charge in [0.05, 0.1) is 13.7 Å². The highest BCUT2D eigenvalue weighted by atomic mass is 79.9. The number of rotatable bonds is 3. The lowest BCUT2D eigenvalue weighted by Gasteiger charge is -2.09. The van der Waals surface area contributed by atoms with Crippen molar-refractivity contribution in [3.05, 3.63) is 29.3 Å².